The van der Waals surface area contributed by atoms with Crippen LogP contribution in [0, 0.1) is 0 Å². The molecule has 33 heavy (non-hydrogen) atoms. The van der Waals surface area contributed by atoms with E-state index in [2.05, 4.69) is 35.9 Å². The van der Waals surface area contributed by atoms with E-state index in [1.807, 2.05) is 24.5 Å². The zero-order valence-corrected chi connectivity index (χ0v) is 21.1. The van der Waals surface area contributed by atoms with Gasteiger partial charge in [-0.15, -0.1) is 0 Å². The largest absolute Gasteiger partial charge is 0.490 e. The summed E-state index contributed by atoms with van der Waals surface area (Å²) in [6.45, 7) is 4.79. The van der Waals surface area contributed by atoms with Crippen molar-refractivity contribution in [2.75, 3.05) is 6.61 Å². The summed E-state index contributed by atoms with van der Waals surface area (Å²) in [6.07, 6.45) is 22.1. The molecular formula is C29H46N2O2. The molecule has 0 saturated heterocycles. The van der Waals surface area contributed by atoms with Gasteiger partial charge in [-0.25, -0.2) is 9.97 Å². The standard InChI is InChI=1S/C29H46N2O2/c1-3-5-6-7-9-12-16-25-23-30-29(31-24-25)26-18-20-28(21-19-26)33-27(15-4-2)17-13-10-8-11-14-22-32/h18-21,23-24,27,32H,3-17,22H2,1-2H3. The smallest absolute Gasteiger partial charge is 0.159 e. The van der Waals surface area contributed by atoms with E-state index in [-0.39, 0.29) is 6.10 Å². The van der Waals surface area contributed by atoms with Crippen molar-refractivity contribution in [1.29, 1.82) is 0 Å². The molecule has 0 radical (unpaired) electrons. The molecule has 2 aromatic rings. The Labute approximate surface area is 202 Å². The predicted octanol–water partition coefficient (Wildman–Crippen LogP) is 7.93. The number of hydrogen-bond donors (Lipinski definition) is 1. The van der Waals surface area contributed by atoms with E-state index in [4.69, 9.17) is 9.84 Å². The highest BCUT2D eigenvalue weighted by Crippen LogP contribution is 2.23. The number of ether oxygens (including phenoxy) is 1. The van der Waals surface area contributed by atoms with E-state index in [0.29, 0.717) is 6.61 Å². The van der Waals surface area contributed by atoms with Crippen molar-refractivity contribution in [3.05, 3.63) is 42.2 Å². The number of hydrogen-bond acceptors (Lipinski definition) is 4. The molecule has 0 aliphatic heterocycles. The highest BCUT2D eigenvalue weighted by atomic mass is 16.5. The Morgan fingerprint density at radius 2 is 1.36 bits per heavy atom. The van der Waals surface area contributed by atoms with Gasteiger partial charge in [-0.3, -0.25) is 0 Å². The lowest BCUT2D eigenvalue weighted by molar-refractivity contribution is 0.175. The van der Waals surface area contributed by atoms with Gasteiger partial charge in [0.2, 0.25) is 0 Å². The Hall–Kier alpha value is -1.94. The second kappa shape index (κ2) is 17.5. The minimum absolute atomic E-state index is 0.274. The molecule has 1 heterocycles. The summed E-state index contributed by atoms with van der Waals surface area (Å²) in [4.78, 5) is 9.20. The quantitative estimate of drug-likeness (QED) is 0.219. The third-order valence-corrected chi connectivity index (χ3v) is 6.23. The van der Waals surface area contributed by atoms with Crippen LogP contribution in [0.5, 0.6) is 5.75 Å². The fraction of sp³-hybridized carbons (Fsp3) is 0.655. The van der Waals surface area contributed by atoms with Gasteiger partial charge in [-0.05, 0) is 68.4 Å². The number of benzene rings is 1. The van der Waals surface area contributed by atoms with Crippen LogP contribution < -0.4 is 4.74 Å². The van der Waals surface area contributed by atoms with Gasteiger partial charge in [-0.2, -0.15) is 0 Å². The summed E-state index contributed by atoms with van der Waals surface area (Å²) < 4.78 is 6.29. The van der Waals surface area contributed by atoms with E-state index in [0.717, 1.165) is 55.7 Å². The summed E-state index contributed by atoms with van der Waals surface area (Å²) in [5.74, 6) is 1.71. The third-order valence-electron chi connectivity index (χ3n) is 6.23. The molecule has 0 spiro atoms. The van der Waals surface area contributed by atoms with Crippen LogP contribution in [0.2, 0.25) is 0 Å². The number of aromatic nitrogens is 2. The fourth-order valence-electron chi connectivity index (χ4n) is 4.22. The molecule has 0 amide bonds. The first-order valence-corrected chi connectivity index (χ1v) is 13.5. The highest BCUT2D eigenvalue weighted by molar-refractivity contribution is 5.55. The molecule has 0 fully saturated rings. The maximum absolute atomic E-state index is 8.88. The van der Waals surface area contributed by atoms with Crippen LogP contribution in [-0.2, 0) is 6.42 Å². The van der Waals surface area contributed by atoms with Gasteiger partial charge in [0.15, 0.2) is 5.82 Å². The predicted molar refractivity (Wildman–Crippen MR) is 139 cm³/mol. The number of unbranched alkanes of at least 4 members (excludes halogenated alkanes) is 9. The number of aliphatic hydroxyl groups is 1. The van der Waals surface area contributed by atoms with Gasteiger partial charge >= 0.3 is 0 Å². The van der Waals surface area contributed by atoms with Gasteiger partial charge in [-0.1, -0.05) is 71.6 Å². The molecule has 1 N–H and O–H groups in total. The molecule has 0 aliphatic carbocycles. The fourth-order valence-corrected chi connectivity index (χ4v) is 4.22. The van der Waals surface area contributed by atoms with E-state index in [9.17, 15) is 0 Å². The first-order chi connectivity index (χ1) is 16.3. The first kappa shape index (κ1) is 27.3. The molecule has 2 rings (SSSR count). The summed E-state index contributed by atoms with van der Waals surface area (Å²) in [7, 11) is 0. The normalized spacial score (nSPS) is 12.1. The maximum Gasteiger partial charge on any atom is 0.159 e. The second-order valence-corrected chi connectivity index (χ2v) is 9.27. The Morgan fingerprint density at radius 1 is 0.727 bits per heavy atom. The van der Waals surface area contributed by atoms with Gasteiger partial charge in [0.05, 0.1) is 6.10 Å². The number of rotatable bonds is 19. The monoisotopic (exact) mass is 454 g/mol. The second-order valence-electron chi connectivity index (χ2n) is 9.27. The third kappa shape index (κ3) is 11.7. The summed E-state index contributed by atoms with van der Waals surface area (Å²) in [5, 5.41) is 8.88. The van der Waals surface area contributed by atoms with E-state index in [1.165, 1.54) is 63.4 Å². The van der Waals surface area contributed by atoms with Gasteiger partial charge in [0.1, 0.15) is 5.75 Å². The molecule has 4 nitrogen and oxygen atoms in total. The maximum atomic E-state index is 8.88. The zero-order chi connectivity index (χ0) is 23.6. The highest BCUT2D eigenvalue weighted by Gasteiger charge is 2.10. The minimum Gasteiger partial charge on any atom is -0.490 e. The van der Waals surface area contributed by atoms with Gasteiger partial charge < -0.3 is 9.84 Å². The Balaban J connectivity index is 1.78. The van der Waals surface area contributed by atoms with Crippen LogP contribution in [-0.4, -0.2) is 27.8 Å². The lowest BCUT2D eigenvalue weighted by Gasteiger charge is -2.19. The average Bonchev–Trinajstić information content (AvgIpc) is 2.84. The minimum atomic E-state index is 0.274. The van der Waals surface area contributed by atoms with E-state index < -0.39 is 0 Å². The molecule has 1 aromatic carbocycles. The summed E-state index contributed by atoms with van der Waals surface area (Å²) in [6, 6.07) is 8.23. The topological polar surface area (TPSA) is 55.2 Å². The van der Waals surface area contributed by atoms with Crippen molar-refractivity contribution in [3.63, 3.8) is 0 Å². The lowest BCUT2D eigenvalue weighted by atomic mass is 10.0. The molecule has 1 unspecified atom stereocenters. The summed E-state index contributed by atoms with van der Waals surface area (Å²) >= 11 is 0. The molecule has 1 aromatic heterocycles. The van der Waals surface area contributed by atoms with Crippen molar-refractivity contribution in [1.82, 2.24) is 9.97 Å². The van der Waals surface area contributed by atoms with Gasteiger partial charge in [0, 0.05) is 24.6 Å². The Bertz CT molecular complexity index is 715. The first-order valence-electron chi connectivity index (χ1n) is 13.5. The molecule has 0 aliphatic rings. The zero-order valence-electron chi connectivity index (χ0n) is 21.1. The number of aliphatic hydroxyl groups excluding tert-OH is 1. The SMILES string of the molecule is CCCCCCCCc1cnc(-c2ccc(OC(CCC)CCCCCCCO)cc2)nc1. The van der Waals surface area contributed by atoms with Crippen molar-refractivity contribution in [2.45, 2.75) is 116 Å². The van der Waals surface area contributed by atoms with Crippen molar-refractivity contribution in [2.24, 2.45) is 0 Å². The van der Waals surface area contributed by atoms with Crippen LogP contribution in [0.15, 0.2) is 36.7 Å². The van der Waals surface area contributed by atoms with Crippen LogP contribution in [0.4, 0.5) is 0 Å². The van der Waals surface area contributed by atoms with E-state index in [1.54, 1.807) is 0 Å². The van der Waals surface area contributed by atoms with Crippen LogP contribution in [0.25, 0.3) is 11.4 Å². The van der Waals surface area contributed by atoms with Crippen LogP contribution in [0.3, 0.4) is 0 Å². The van der Waals surface area contributed by atoms with Crippen LogP contribution in [0.1, 0.15) is 109 Å². The average molecular weight is 455 g/mol. The van der Waals surface area contributed by atoms with Crippen molar-refractivity contribution < 1.29 is 9.84 Å². The molecule has 0 saturated carbocycles. The summed E-state index contributed by atoms with van der Waals surface area (Å²) in [5.41, 5.74) is 2.26. The molecule has 0 bridgehead atoms. The van der Waals surface area contributed by atoms with E-state index >= 15 is 0 Å². The molecule has 4 heteroatoms. The van der Waals surface area contributed by atoms with Crippen molar-refractivity contribution >= 4 is 0 Å². The number of aryl methyl sites for hydroxylation is 1. The Morgan fingerprint density at radius 3 is 2.03 bits per heavy atom. The Kier molecular flexibility index (Phi) is 14.5. The lowest BCUT2D eigenvalue weighted by Crippen LogP contribution is -2.16. The molecular weight excluding hydrogens is 408 g/mol. The molecule has 184 valence electrons. The van der Waals surface area contributed by atoms with Crippen LogP contribution >= 0.6 is 0 Å². The number of nitrogens with zero attached hydrogens (tertiary/aromatic N) is 2. The van der Waals surface area contributed by atoms with Crippen molar-refractivity contribution in [3.8, 4) is 17.1 Å². The van der Waals surface area contributed by atoms with Gasteiger partial charge in [0.25, 0.3) is 0 Å². The molecule has 1 atom stereocenters.